The highest BCUT2D eigenvalue weighted by Gasteiger charge is 2.10. The molecular weight excluding hydrogens is 236 g/mol. The summed E-state index contributed by atoms with van der Waals surface area (Å²) < 4.78 is 5.21. The van der Waals surface area contributed by atoms with E-state index in [0.29, 0.717) is 17.4 Å². The van der Waals surface area contributed by atoms with E-state index in [2.05, 4.69) is 20.5 Å². The molecule has 0 spiro atoms. The minimum Gasteiger partial charge on any atom is -0.496 e. The number of amides is 1. The smallest absolute Gasteiger partial charge is 0.405 e. The van der Waals surface area contributed by atoms with Crippen molar-refractivity contribution in [1.82, 2.24) is 20.5 Å². The zero-order valence-electron chi connectivity index (χ0n) is 9.67. The summed E-state index contributed by atoms with van der Waals surface area (Å²) in [7, 11) is 1.57. The van der Waals surface area contributed by atoms with Crippen LogP contribution in [0.1, 0.15) is 5.82 Å². The first-order chi connectivity index (χ1) is 8.70. The number of aromatic nitrogens is 3. The Balaban J connectivity index is 2.21. The third-order valence-corrected chi connectivity index (χ3v) is 2.29. The molecule has 0 bridgehead atoms. The summed E-state index contributed by atoms with van der Waals surface area (Å²) in [6.45, 7) is 0.0565. The lowest BCUT2D eigenvalue weighted by molar-refractivity contribution is 0.193. The summed E-state index contributed by atoms with van der Waals surface area (Å²) in [6.07, 6.45) is -1.11. The minimum absolute atomic E-state index is 0.0565. The number of aromatic amines is 1. The third kappa shape index (κ3) is 2.57. The number of H-pyrrole nitrogens is 1. The Hall–Kier alpha value is -2.57. The number of nitrogens with zero attached hydrogens (tertiary/aromatic N) is 2. The van der Waals surface area contributed by atoms with Gasteiger partial charge in [-0.05, 0) is 12.1 Å². The molecule has 0 fully saturated rings. The van der Waals surface area contributed by atoms with Crippen molar-refractivity contribution < 1.29 is 14.6 Å². The number of nitrogens with one attached hydrogen (secondary N) is 2. The van der Waals surface area contributed by atoms with Crippen molar-refractivity contribution in [2.24, 2.45) is 0 Å². The van der Waals surface area contributed by atoms with Crippen LogP contribution < -0.4 is 10.1 Å². The Morgan fingerprint density at radius 2 is 2.28 bits per heavy atom. The van der Waals surface area contributed by atoms with Gasteiger partial charge in [-0.15, -0.1) is 0 Å². The van der Waals surface area contributed by atoms with Gasteiger partial charge in [0.15, 0.2) is 11.6 Å². The number of carboxylic acid groups (broad SMARTS) is 1. The Morgan fingerprint density at radius 1 is 1.50 bits per heavy atom. The van der Waals surface area contributed by atoms with Gasteiger partial charge in [0.05, 0.1) is 19.2 Å². The average molecular weight is 248 g/mol. The highest BCUT2D eigenvalue weighted by molar-refractivity contribution is 5.65. The highest BCUT2D eigenvalue weighted by Crippen LogP contribution is 2.26. The summed E-state index contributed by atoms with van der Waals surface area (Å²) in [5.74, 6) is 1.58. The Labute approximate surface area is 103 Å². The van der Waals surface area contributed by atoms with Gasteiger partial charge >= 0.3 is 6.09 Å². The number of ether oxygens (including phenoxy) is 1. The van der Waals surface area contributed by atoms with Crippen molar-refractivity contribution in [3.63, 3.8) is 0 Å². The van der Waals surface area contributed by atoms with Crippen molar-refractivity contribution >= 4 is 6.09 Å². The molecule has 1 aromatic carbocycles. The fourth-order valence-corrected chi connectivity index (χ4v) is 1.49. The van der Waals surface area contributed by atoms with Crippen molar-refractivity contribution in [3.05, 3.63) is 30.1 Å². The number of benzene rings is 1. The Morgan fingerprint density at radius 3 is 3.00 bits per heavy atom. The molecule has 0 atom stereocenters. The van der Waals surface area contributed by atoms with Crippen LogP contribution in [0.2, 0.25) is 0 Å². The number of hydrogen-bond acceptors (Lipinski definition) is 4. The van der Waals surface area contributed by atoms with Gasteiger partial charge in [0, 0.05) is 0 Å². The zero-order valence-corrected chi connectivity index (χ0v) is 9.67. The minimum atomic E-state index is -1.11. The monoisotopic (exact) mass is 248 g/mol. The Kier molecular flexibility index (Phi) is 3.42. The van der Waals surface area contributed by atoms with Crippen molar-refractivity contribution in [2.45, 2.75) is 6.54 Å². The van der Waals surface area contributed by atoms with Crippen molar-refractivity contribution in [1.29, 1.82) is 0 Å². The second kappa shape index (κ2) is 5.17. The van der Waals surface area contributed by atoms with Gasteiger partial charge in [-0.2, -0.15) is 5.10 Å². The summed E-state index contributed by atoms with van der Waals surface area (Å²) >= 11 is 0. The predicted molar refractivity (Wildman–Crippen MR) is 63.2 cm³/mol. The van der Waals surface area contributed by atoms with Crippen LogP contribution >= 0.6 is 0 Å². The normalized spacial score (nSPS) is 10.1. The summed E-state index contributed by atoms with van der Waals surface area (Å²) in [5, 5.41) is 17.3. The van der Waals surface area contributed by atoms with E-state index in [0.717, 1.165) is 5.56 Å². The van der Waals surface area contributed by atoms with Crippen LogP contribution in [0.5, 0.6) is 5.75 Å². The number of methoxy groups -OCH3 is 1. The lowest BCUT2D eigenvalue weighted by atomic mass is 10.2. The molecule has 7 heteroatoms. The Bertz CT molecular complexity index is 553. The van der Waals surface area contributed by atoms with Crippen LogP contribution in [0.25, 0.3) is 11.4 Å². The average Bonchev–Trinajstić information content (AvgIpc) is 2.85. The van der Waals surface area contributed by atoms with Gasteiger partial charge in [0.1, 0.15) is 5.75 Å². The molecule has 0 saturated heterocycles. The fraction of sp³-hybridized carbons (Fsp3) is 0.182. The van der Waals surface area contributed by atoms with E-state index in [1.165, 1.54) is 0 Å². The van der Waals surface area contributed by atoms with Gasteiger partial charge in [0.2, 0.25) is 0 Å². The maximum atomic E-state index is 10.4. The number of rotatable bonds is 4. The van der Waals surface area contributed by atoms with E-state index < -0.39 is 6.09 Å². The second-order valence-corrected chi connectivity index (χ2v) is 3.46. The fourth-order valence-electron chi connectivity index (χ4n) is 1.49. The van der Waals surface area contributed by atoms with Gasteiger partial charge < -0.3 is 15.2 Å². The van der Waals surface area contributed by atoms with Crippen LogP contribution in [-0.4, -0.2) is 33.5 Å². The van der Waals surface area contributed by atoms with Gasteiger partial charge in [0.25, 0.3) is 0 Å². The molecule has 1 heterocycles. The molecule has 0 aliphatic heterocycles. The first-order valence-corrected chi connectivity index (χ1v) is 5.22. The summed E-state index contributed by atoms with van der Waals surface area (Å²) in [5.41, 5.74) is 0.772. The molecule has 0 aliphatic rings. The maximum absolute atomic E-state index is 10.4. The SMILES string of the molecule is COc1ccccc1-c1nc(CNC(=O)O)n[nH]1. The van der Waals surface area contributed by atoms with E-state index in [1.807, 2.05) is 24.3 Å². The lowest BCUT2D eigenvalue weighted by Crippen LogP contribution is -2.20. The van der Waals surface area contributed by atoms with Gasteiger partial charge in [-0.1, -0.05) is 12.1 Å². The molecule has 1 amide bonds. The molecule has 3 N–H and O–H groups in total. The number of carbonyl (C=O) groups is 1. The first-order valence-electron chi connectivity index (χ1n) is 5.22. The largest absolute Gasteiger partial charge is 0.496 e. The van der Waals surface area contributed by atoms with Crippen molar-refractivity contribution in [3.8, 4) is 17.1 Å². The van der Waals surface area contributed by atoms with E-state index >= 15 is 0 Å². The van der Waals surface area contributed by atoms with Crippen molar-refractivity contribution in [2.75, 3.05) is 7.11 Å². The van der Waals surface area contributed by atoms with Crippen LogP contribution in [0.3, 0.4) is 0 Å². The topological polar surface area (TPSA) is 100 Å². The molecule has 0 unspecified atom stereocenters. The molecule has 1 aromatic heterocycles. The molecule has 18 heavy (non-hydrogen) atoms. The molecular formula is C11H12N4O3. The zero-order chi connectivity index (χ0) is 13.0. The van der Waals surface area contributed by atoms with E-state index in [-0.39, 0.29) is 6.54 Å². The number of hydrogen-bond donors (Lipinski definition) is 3. The second-order valence-electron chi connectivity index (χ2n) is 3.46. The standard InChI is InChI=1S/C11H12N4O3/c1-18-8-5-3-2-4-7(8)10-13-9(14-15-10)6-12-11(16)17/h2-5,12H,6H2,1H3,(H,16,17)(H,13,14,15). The van der Waals surface area contributed by atoms with Crippen LogP contribution in [0.4, 0.5) is 4.79 Å². The molecule has 7 nitrogen and oxygen atoms in total. The van der Waals surface area contributed by atoms with Gasteiger partial charge in [-0.3, -0.25) is 5.10 Å². The molecule has 94 valence electrons. The predicted octanol–water partition coefficient (Wildman–Crippen LogP) is 1.25. The summed E-state index contributed by atoms with van der Waals surface area (Å²) in [4.78, 5) is 14.5. The van der Waals surface area contributed by atoms with E-state index in [1.54, 1.807) is 7.11 Å². The first kappa shape index (κ1) is 11.9. The van der Waals surface area contributed by atoms with E-state index in [9.17, 15) is 4.79 Å². The molecule has 0 aliphatic carbocycles. The van der Waals surface area contributed by atoms with Crippen LogP contribution in [-0.2, 0) is 6.54 Å². The molecule has 2 aromatic rings. The molecule has 0 radical (unpaired) electrons. The van der Waals surface area contributed by atoms with Crippen LogP contribution in [0, 0.1) is 0 Å². The lowest BCUT2D eigenvalue weighted by Gasteiger charge is -2.04. The quantitative estimate of drug-likeness (QED) is 0.756. The molecule has 2 rings (SSSR count). The number of para-hydroxylation sites is 1. The highest BCUT2D eigenvalue weighted by atomic mass is 16.5. The third-order valence-electron chi connectivity index (χ3n) is 2.29. The van der Waals surface area contributed by atoms with Gasteiger partial charge in [-0.25, -0.2) is 9.78 Å². The maximum Gasteiger partial charge on any atom is 0.405 e. The summed E-state index contributed by atoms with van der Waals surface area (Å²) in [6, 6.07) is 7.36. The molecule has 0 saturated carbocycles. The van der Waals surface area contributed by atoms with E-state index in [4.69, 9.17) is 9.84 Å². The van der Waals surface area contributed by atoms with Crippen LogP contribution in [0.15, 0.2) is 24.3 Å².